The number of hydrogen-bond acceptors (Lipinski definition) is 4. The Kier molecular flexibility index (Phi) is 5.71. The molecule has 2 rings (SSSR count). The molecule has 0 fully saturated rings. The zero-order valence-corrected chi connectivity index (χ0v) is 13.1. The summed E-state index contributed by atoms with van der Waals surface area (Å²) in [6.45, 7) is 7.88. The average Bonchev–Trinajstić information content (AvgIpc) is 2.75. The van der Waals surface area contributed by atoms with E-state index >= 15 is 0 Å². The monoisotopic (exact) mass is 289 g/mol. The summed E-state index contributed by atoms with van der Waals surface area (Å²) in [6, 6.07) is 10.6. The lowest BCUT2D eigenvalue weighted by atomic mass is 10.2. The molecule has 0 atom stereocenters. The van der Waals surface area contributed by atoms with Gasteiger partial charge in [-0.05, 0) is 32.4 Å². The van der Waals surface area contributed by atoms with Crippen molar-refractivity contribution in [1.82, 2.24) is 9.88 Å². The number of thiazole rings is 1. The van der Waals surface area contributed by atoms with Crippen molar-refractivity contribution in [3.05, 3.63) is 51.5 Å². The summed E-state index contributed by atoms with van der Waals surface area (Å²) < 4.78 is 0. The first-order valence-electron chi connectivity index (χ1n) is 7.08. The number of nitrogens with two attached hydrogens (primary N) is 1. The molecule has 0 aliphatic carbocycles. The molecule has 1 aromatic carbocycles. The van der Waals surface area contributed by atoms with Gasteiger partial charge in [0.05, 0.1) is 10.7 Å². The van der Waals surface area contributed by atoms with Crippen LogP contribution in [0.4, 0.5) is 0 Å². The zero-order valence-electron chi connectivity index (χ0n) is 12.3. The predicted molar refractivity (Wildman–Crippen MR) is 85.8 cm³/mol. The van der Waals surface area contributed by atoms with Gasteiger partial charge in [0.2, 0.25) is 0 Å². The van der Waals surface area contributed by atoms with E-state index in [-0.39, 0.29) is 0 Å². The molecule has 1 heterocycles. The Balaban J connectivity index is 2.05. The first-order chi connectivity index (χ1) is 9.69. The lowest BCUT2D eigenvalue weighted by molar-refractivity contribution is 0.256. The van der Waals surface area contributed by atoms with E-state index in [0.29, 0.717) is 0 Å². The van der Waals surface area contributed by atoms with Crippen molar-refractivity contribution in [3.63, 3.8) is 0 Å². The van der Waals surface area contributed by atoms with Gasteiger partial charge in [0.1, 0.15) is 0 Å². The maximum atomic E-state index is 5.66. The summed E-state index contributed by atoms with van der Waals surface area (Å²) in [5.74, 6) is 0. The molecule has 0 bridgehead atoms. The lowest BCUT2D eigenvalue weighted by Gasteiger charge is -2.21. The van der Waals surface area contributed by atoms with E-state index in [2.05, 4.69) is 54.1 Å². The third-order valence-electron chi connectivity index (χ3n) is 3.29. The van der Waals surface area contributed by atoms with Crippen molar-refractivity contribution < 1.29 is 0 Å². The van der Waals surface area contributed by atoms with Gasteiger partial charge in [-0.1, -0.05) is 30.3 Å². The van der Waals surface area contributed by atoms with Crippen molar-refractivity contribution in [2.75, 3.05) is 13.1 Å². The van der Waals surface area contributed by atoms with Crippen molar-refractivity contribution >= 4 is 11.3 Å². The molecule has 3 nitrogen and oxygen atoms in total. The van der Waals surface area contributed by atoms with Crippen LogP contribution in [0.5, 0.6) is 0 Å². The molecule has 20 heavy (non-hydrogen) atoms. The average molecular weight is 289 g/mol. The van der Waals surface area contributed by atoms with Gasteiger partial charge in [-0.15, -0.1) is 11.3 Å². The van der Waals surface area contributed by atoms with Crippen LogP contribution in [-0.2, 0) is 13.1 Å². The Morgan fingerprint density at radius 2 is 1.90 bits per heavy atom. The molecule has 2 aromatic rings. The number of aromatic nitrogens is 1. The fourth-order valence-electron chi connectivity index (χ4n) is 2.29. The smallest absolute Gasteiger partial charge is 0.0900 e. The SMILES string of the molecule is Cc1nc(C)c(CN(CCCN)Cc2ccccc2)s1. The fourth-order valence-corrected chi connectivity index (χ4v) is 3.27. The van der Waals surface area contributed by atoms with Crippen LogP contribution in [0.15, 0.2) is 30.3 Å². The number of benzene rings is 1. The highest BCUT2D eigenvalue weighted by Gasteiger charge is 2.11. The highest BCUT2D eigenvalue weighted by Crippen LogP contribution is 2.20. The van der Waals surface area contributed by atoms with Gasteiger partial charge < -0.3 is 5.73 Å². The highest BCUT2D eigenvalue weighted by atomic mass is 32.1. The second-order valence-electron chi connectivity index (χ2n) is 5.08. The van der Waals surface area contributed by atoms with Crippen molar-refractivity contribution in [2.24, 2.45) is 5.73 Å². The third kappa shape index (κ3) is 4.40. The number of nitrogens with zero attached hydrogens (tertiary/aromatic N) is 2. The Bertz CT molecular complexity index is 522. The Labute approximate surface area is 125 Å². The maximum Gasteiger partial charge on any atom is 0.0900 e. The molecule has 0 radical (unpaired) electrons. The van der Waals surface area contributed by atoms with Crippen LogP contribution in [0.25, 0.3) is 0 Å². The summed E-state index contributed by atoms with van der Waals surface area (Å²) >= 11 is 1.80. The van der Waals surface area contributed by atoms with Crippen LogP contribution in [0.2, 0.25) is 0 Å². The number of rotatable bonds is 7. The zero-order chi connectivity index (χ0) is 14.4. The summed E-state index contributed by atoms with van der Waals surface area (Å²) in [5.41, 5.74) is 8.18. The summed E-state index contributed by atoms with van der Waals surface area (Å²) in [5, 5.41) is 1.15. The normalized spacial score (nSPS) is 11.2. The minimum atomic E-state index is 0.742. The van der Waals surface area contributed by atoms with Gasteiger partial charge in [-0.3, -0.25) is 4.90 Å². The molecule has 0 saturated carbocycles. The van der Waals surface area contributed by atoms with Gasteiger partial charge in [-0.2, -0.15) is 0 Å². The molecule has 0 amide bonds. The van der Waals surface area contributed by atoms with E-state index in [0.717, 1.165) is 37.6 Å². The molecule has 0 saturated heterocycles. The summed E-state index contributed by atoms with van der Waals surface area (Å²) in [7, 11) is 0. The van der Waals surface area contributed by atoms with Gasteiger partial charge in [0.15, 0.2) is 0 Å². The molecule has 4 heteroatoms. The molecule has 0 spiro atoms. The molecule has 0 aliphatic heterocycles. The van der Waals surface area contributed by atoms with Crippen LogP contribution in [0, 0.1) is 13.8 Å². The van der Waals surface area contributed by atoms with Crippen LogP contribution in [0.3, 0.4) is 0 Å². The predicted octanol–water partition coefficient (Wildman–Crippen LogP) is 3.11. The minimum absolute atomic E-state index is 0.742. The quantitative estimate of drug-likeness (QED) is 0.851. The number of aryl methyl sites for hydroxylation is 2. The second-order valence-corrected chi connectivity index (χ2v) is 6.37. The standard InChI is InChI=1S/C16H23N3S/c1-13-16(20-14(2)18-13)12-19(10-6-9-17)11-15-7-4-3-5-8-15/h3-5,7-8H,6,9-12,17H2,1-2H3. The minimum Gasteiger partial charge on any atom is -0.330 e. The summed E-state index contributed by atoms with van der Waals surface area (Å²) in [4.78, 5) is 8.35. The Hall–Kier alpha value is -1.23. The molecule has 2 N–H and O–H groups in total. The van der Waals surface area contributed by atoms with Gasteiger partial charge in [-0.25, -0.2) is 4.98 Å². The molecular weight excluding hydrogens is 266 g/mol. The first kappa shape index (κ1) is 15.2. The van der Waals surface area contributed by atoms with Crippen LogP contribution in [0.1, 0.15) is 27.6 Å². The summed E-state index contributed by atoms with van der Waals surface area (Å²) in [6.07, 6.45) is 1.03. The lowest BCUT2D eigenvalue weighted by Crippen LogP contribution is -2.25. The van der Waals surface area contributed by atoms with Gasteiger partial charge >= 0.3 is 0 Å². The van der Waals surface area contributed by atoms with E-state index in [1.165, 1.54) is 16.1 Å². The number of hydrogen-bond donors (Lipinski definition) is 1. The maximum absolute atomic E-state index is 5.66. The molecule has 1 aromatic heterocycles. The van der Waals surface area contributed by atoms with Crippen LogP contribution >= 0.6 is 11.3 Å². The first-order valence-corrected chi connectivity index (χ1v) is 7.90. The van der Waals surface area contributed by atoms with E-state index in [1.54, 1.807) is 11.3 Å². The Morgan fingerprint density at radius 1 is 1.15 bits per heavy atom. The van der Waals surface area contributed by atoms with E-state index < -0.39 is 0 Å². The van der Waals surface area contributed by atoms with E-state index in [1.807, 2.05) is 0 Å². The van der Waals surface area contributed by atoms with Crippen LogP contribution in [-0.4, -0.2) is 23.0 Å². The Morgan fingerprint density at radius 3 is 2.50 bits per heavy atom. The van der Waals surface area contributed by atoms with Gasteiger partial charge in [0.25, 0.3) is 0 Å². The molecule has 0 unspecified atom stereocenters. The topological polar surface area (TPSA) is 42.2 Å². The second kappa shape index (κ2) is 7.53. The van der Waals surface area contributed by atoms with E-state index in [4.69, 9.17) is 5.73 Å². The van der Waals surface area contributed by atoms with E-state index in [9.17, 15) is 0 Å². The van der Waals surface area contributed by atoms with Crippen molar-refractivity contribution in [2.45, 2.75) is 33.4 Å². The fraction of sp³-hybridized carbons (Fsp3) is 0.438. The van der Waals surface area contributed by atoms with Gasteiger partial charge in [0, 0.05) is 24.5 Å². The van der Waals surface area contributed by atoms with Crippen LogP contribution < -0.4 is 5.73 Å². The third-order valence-corrected chi connectivity index (χ3v) is 4.35. The van der Waals surface area contributed by atoms with Crippen molar-refractivity contribution in [3.8, 4) is 0 Å². The van der Waals surface area contributed by atoms with Crippen molar-refractivity contribution in [1.29, 1.82) is 0 Å². The molecular formula is C16H23N3S. The molecule has 0 aliphatic rings. The largest absolute Gasteiger partial charge is 0.330 e. The highest BCUT2D eigenvalue weighted by molar-refractivity contribution is 7.11. The molecule has 108 valence electrons.